The molecule has 1 N–H and O–H groups in total. The Morgan fingerprint density at radius 3 is 2.85 bits per heavy atom. The number of carbonyl (C=O) groups is 1. The predicted molar refractivity (Wildman–Crippen MR) is 75.2 cm³/mol. The largest absolute Gasteiger partial charge is 0.388 e. The molecule has 0 saturated carbocycles. The molecule has 0 bridgehead atoms. The summed E-state index contributed by atoms with van der Waals surface area (Å²) in [6.45, 7) is 1.69. The van der Waals surface area contributed by atoms with E-state index in [1.165, 1.54) is 0 Å². The van der Waals surface area contributed by atoms with Gasteiger partial charge in [-0.05, 0) is 30.7 Å². The minimum atomic E-state index is -0.180. The summed E-state index contributed by atoms with van der Waals surface area (Å²) in [7, 11) is 1.78. The van der Waals surface area contributed by atoms with Gasteiger partial charge in [0.1, 0.15) is 6.61 Å². The van der Waals surface area contributed by atoms with Gasteiger partial charge >= 0.3 is 0 Å². The molecule has 0 radical (unpaired) electrons. The fraction of sp³-hybridized carbons (Fsp3) is 0.267. The highest BCUT2D eigenvalue weighted by atomic mass is 16.3. The minimum absolute atomic E-state index is 0.104. The van der Waals surface area contributed by atoms with Crippen molar-refractivity contribution in [1.82, 2.24) is 9.97 Å². The molecule has 0 fully saturated rings. The molecule has 1 aromatic heterocycles. The van der Waals surface area contributed by atoms with Gasteiger partial charge in [0.25, 0.3) is 0 Å². The topological polar surface area (TPSA) is 66.3 Å². The van der Waals surface area contributed by atoms with Crippen LogP contribution in [0.5, 0.6) is 0 Å². The summed E-state index contributed by atoms with van der Waals surface area (Å²) < 4.78 is 0. The average molecular weight is 269 g/mol. The van der Waals surface area contributed by atoms with Crippen molar-refractivity contribution in [2.24, 2.45) is 0 Å². The summed E-state index contributed by atoms with van der Waals surface area (Å²) in [4.78, 5) is 21.8. The molecule has 102 valence electrons. The van der Waals surface area contributed by atoms with Crippen LogP contribution in [-0.2, 0) is 17.8 Å². The normalized spacial score (nSPS) is 13.8. The lowest BCUT2D eigenvalue weighted by Gasteiger charge is -2.11. The molecule has 0 atom stereocenters. The number of amides is 1. The summed E-state index contributed by atoms with van der Waals surface area (Å²) in [6.07, 6.45) is 0.427. The fourth-order valence-corrected chi connectivity index (χ4v) is 2.48. The van der Waals surface area contributed by atoms with E-state index in [-0.39, 0.29) is 12.5 Å². The summed E-state index contributed by atoms with van der Waals surface area (Å²) in [5.74, 6) is 0.515. The maximum Gasteiger partial charge on any atom is 0.231 e. The van der Waals surface area contributed by atoms with E-state index in [0.29, 0.717) is 12.2 Å². The second-order valence-electron chi connectivity index (χ2n) is 4.94. The molecule has 1 amide bonds. The van der Waals surface area contributed by atoms with Crippen LogP contribution in [0, 0.1) is 6.92 Å². The Morgan fingerprint density at radius 1 is 1.30 bits per heavy atom. The number of fused-ring (bicyclic) bond motifs is 1. The molecular weight excluding hydrogens is 254 g/mol. The zero-order chi connectivity index (χ0) is 14.3. The van der Waals surface area contributed by atoms with Crippen molar-refractivity contribution in [3.8, 4) is 11.3 Å². The average Bonchev–Trinajstić information content (AvgIpc) is 2.73. The van der Waals surface area contributed by atoms with Crippen molar-refractivity contribution in [2.45, 2.75) is 20.0 Å². The number of anilines is 1. The Morgan fingerprint density at radius 2 is 2.10 bits per heavy atom. The van der Waals surface area contributed by atoms with Crippen LogP contribution in [0.3, 0.4) is 0 Å². The Balaban J connectivity index is 2.06. The molecule has 0 unspecified atom stereocenters. The quantitative estimate of drug-likeness (QED) is 0.896. The van der Waals surface area contributed by atoms with Crippen LogP contribution in [0.2, 0.25) is 0 Å². The van der Waals surface area contributed by atoms with Gasteiger partial charge in [-0.1, -0.05) is 6.07 Å². The molecule has 2 aromatic rings. The summed E-state index contributed by atoms with van der Waals surface area (Å²) in [5, 5.41) is 9.18. The number of aliphatic hydroxyl groups excluding tert-OH is 1. The standard InChI is InChI=1S/C15H15N3O2/c1-9-5-12(17-14(8-19)16-9)10-3-4-13-11(6-10)7-15(20)18(13)2/h3-6,19H,7-8H2,1-2H3. The first-order chi connectivity index (χ1) is 9.58. The van der Waals surface area contributed by atoms with E-state index < -0.39 is 0 Å². The van der Waals surface area contributed by atoms with E-state index in [2.05, 4.69) is 9.97 Å². The van der Waals surface area contributed by atoms with Crippen LogP contribution >= 0.6 is 0 Å². The van der Waals surface area contributed by atoms with Crippen LogP contribution in [0.4, 0.5) is 5.69 Å². The van der Waals surface area contributed by atoms with Crippen molar-refractivity contribution in [1.29, 1.82) is 0 Å². The molecule has 5 nitrogen and oxygen atoms in total. The molecule has 1 aromatic carbocycles. The summed E-state index contributed by atoms with van der Waals surface area (Å²) in [5.41, 5.74) is 4.48. The molecule has 0 saturated heterocycles. The summed E-state index contributed by atoms with van der Waals surface area (Å²) >= 11 is 0. The molecule has 2 heterocycles. The first kappa shape index (κ1) is 12.7. The number of hydrogen-bond donors (Lipinski definition) is 1. The monoisotopic (exact) mass is 269 g/mol. The van der Waals surface area contributed by atoms with Crippen molar-refractivity contribution < 1.29 is 9.90 Å². The number of carbonyl (C=O) groups excluding carboxylic acids is 1. The second-order valence-corrected chi connectivity index (χ2v) is 4.94. The number of hydrogen-bond acceptors (Lipinski definition) is 4. The lowest BCUT2D eigenvalue weighted by Crippen LogP contribution is -2.20. The summed E-state index contributed by atoms with van der Waals surface area (Å²) in [6, 6.07) is 7.74. The molecule has 1 aliphatic heterocycles. The maximum atomic E-state index is 11.7. The van der Waals surface area contributed by atoms with Gasteiger partial charge in [0.05, 0.1) is 12.1 Å². The number of aliphatic hydroxyl groups is 1. The van der Waals surface area contributed by atoms with E-state index in [1.54, 1.807) is 11.9 Å². The second kappa shape index (κ2) is 4.68. The van der Waals surface area contributed by atoms with Gasteiger partial charge in [-0.15, -0.1) is 0 Å². The molecule has 0 spiro atoms. The van der Waals surface area contributed by atoms with Gasteiger partial charge in [-0.3, -0.25) is 4.79 Å². The highest BCUT2D eigenvalue weighted by molar-refractivity contribution is 6.01. The Kier molecular flexibility index (Phi) is 2.99. The smallest absolute Gasteiger partial charge is 0.231 e. The molecule has 0 aliphatic carbocycles. The molecule has 1 aliphatic rings. The van der Waals surface area contributed by atoms with Crippen LogP contribution in [0.15, 0.2) is 24.3 Å². The number of aryl methyl sites for hydroxylation is 1. The van der Waals surface area contributed by atoms with Gasteiger partial charge in [-0.25, -0.2) is 9.97 Å². The third-order valence-corrected chi connectivity index (χ3v) is 3.49. The van der Waals surface area contributed by atoms with Crippen molar-refractivity contribution in [2.75, 3.05) is 11.9 Å². The van der Waals surface area contributed by atoms with Gasteiger partial charge < -0.3 is 10.0 Å². The Hall–Kier alpha value is -2.27. The number of benzene rings is 1. The molecular formula is C15H15N3O2. The SMILES string of the molecule is Cc1cc(-c2ccc3c(c2)CC(=O)N3C)nc(CO)n1. The van der Waals surface area contributed by atoms with Gasteiger partial charge in [0.15, 0.2) is 5.82 Å². The minimum Gasteiger partial charge on any atom is -0.388 e. The van der Waals surface area contributed by atoms with E-state index >= 15 is 0 Å². The zero-order valence-electron chi connectivity index (χ0n) is 11.4. The highest BCUT2D eigenvalue weighted by Crippen LogP contribution is 2.31. The Bertz CT molecular complexity index is 698. The van der Waals surface area contributed by atoms with Gasteiger partial charge in [-0.2, -0.15) is 0 Å². The van der Waals surface area contributed by atoms with E-state index in [1.807, 2.05) is 31.2 Å². The maximum absolute atomic E-state index is 11.7. The highest BCUT2D eigenvalue weighted by Gasteiger charge is 2.24. The lowest BCUT2D eigenvalue weighted by atomic mass is 10.1. The van der Waals surface area contributed by atoms with Gasteiger partial charge in [0, 0.05) is 24.0 Å². The predicted octanol–water partition coefficient (Wildman–Crippen LogP) is 1.46. The van der Waals surface area contributed by atoms with Crippen molar-refractivity contribution >= 4 is 11.6 Å². The van der Waals surface area contributed by atoms with Crippen LogP contribution in [0.25, 0.3) is 11.3 Å². The third kappa shape index (κ3) is 2.06. The molecule has 20 heavy (non-hydrogen) atoms. The zero-order valence-corrected chi connectivity index (χ0v) is 11.4. The van der Waals surface area contributed by atoms with E-state index in [4.69, 9.17) is 0 Å². The third-order valence-electron chi connectivity index (χ3n) is 3.49. The lowest BCUT2D eigenvalue weighted by molar-refractivity contribution is -0.117. The fourth-order valence-electron chi connectivity index (χ4n) is 2.48. The molecule has 5 heteroatoms. The first-order valence-electron chi connectivity index (χ1n) is 6.44. The van der Waals surface area contributed by atoms with Crippen molar-refractivity contribution in [3.05, 3.63) is 41.3 Å². The number of aromatic nitrogens is 2. The number of likely N-dealkylation sites (N-methyl/N-ethyl adjacent to an activating group) is 1. The van der Waals surface area contributed by atoms with E-state index in [0.717, 1.165) is 28.2 Å². The first-order valence-corrected chi connectivity index (χ1v) is 6.44. The Labute approximate surface area is 116 Å². The van der Waals surface area contributed by atoms with Gasteiger partial charge in [0.2, 0.25) is 5.91 Å². The van der Waals surface area contributed by atoms with Crippen molar-refractivity contribution in [3.63, 3.8) is 0 Å². The van der Waals surface area contributed by atoms with Crippen LogP contribution in [-0.4, -0.2) is 28.0 Å². The number of rotatable bonds is 2. The number of nitrogens with zero attached hydrogens (tertiary/aromatic N) is 3. The van der Waals surface area contributed by atoms with Crippen LogP contribution < -0.4 is 4.90 Å². The van der Waals surface area contributed by atoms with E-state index in [9.17, 15) is 9.90 Å². The van der Waals surface area contributed by atoms with Crippen LogP contribution in [0.1, 0.15) is 17.1 Å². The molecule has 3 rings (SSSR count).